The van der Waals surface area contributed by atoms with Crippen molar-refractivity contribution in [1.29, 1.82) is 0 Å². The summed E-state index contributed by atoms with van der Waals surface area (Å²) in [6.45, 7) is 4.01. The van der Waals surface area contributed by atoms with E-state index < -0.39 is 0 Å². The van der Waals surface area contributed by atoms with Crippen molar-refractivity contribution >= 4 is 49.0 Å². The van der Waals surface area contributed by atoms with Crippen LogP contribution in [-0.2, 0) is 0 Å². The Morgan fingerprint density at radius 2 is 1.84 bits per heavy atom. The van der Waals surface area contributed by atoms with Gasteiger partial charge < -0.3 is 5.32 Å². The highest BCUT2D eigenvalue weighted by Gasteiger charge is 2.09. The van der Waals surface area contributed by atoms with Crippen molar-refractivity contribution in [3.05, 3.63) is 45.5 Å². The Morgan fingerprint density at radius 3 is 2.58 bits per heavy atom. The molecule has 2 aromatic heterocycles. The fourth-order valence-electron chi connectivity index (χ4n) is 1.91. The van der Waals surface area contributed by atoms with Gasteiger partial charge in [-0.05, 0) is 44.2 Å². The van der Waals surface area contributed by atoms with Crippen LogP contribution in [0, 0.1) is 13.8 Å². The van der Waals surface area contributed by atoms with E-state index in [2.05, 4.69) is 44.2 Å². The molecule has 0 amide bonds. The third-order valence-electron chi connectivity index (χ3n) is 2.73. The standard InChI is InChI=1S/C14H12BrN3S/c1-8-7-12-13(16-9(2)17-14(12)19-8)18-11-5-3-10(15)4-6-11/h3-7H,1-2H3,(H,16,17,18). The second-order valence-corrected chi connectivity index (χ2v) is 6.48. The molecule has 0 aliphatic heterocycles. The molecular weight excluding hydrogens is 322 g/mol. The molecule has 1 N–H and O–H groups in total. The van der Waals surface area contributed by atoms with Gasteiger partial charge in [0.1, 0.15) is 16.5 Å². The highest BCUT2D eigenvalue weighted by molar-refractivity contribution is 9.10. The monoisotopic (exact) mass is 333 g/mol. The smallest absolute Gasteiger partial charge is 0.142 e. The quantitative estimate of drug-likeness (QED) is 0.730. The van der Waals surface area contributed by atoms with E-state index in [4.69, 9.17) is 0 Å². The summed E-state index contributed by atoms with van der Waals surface area (Å²) in [5.74, 6) is 1.66. The predicted octanol–water partition coefficient (Wildman–Crippen LogP) is 4.81. The summed E-state index contributed by atoms with van der Waals surface area (Å²) < 4.78 is 1.06. The number of anilines is 2. The number of aryl methyl sites for hydroxylation is 2. The maximum absolute atomic E-state index is 4.51. The van der Waals surface area contributed by atoms with E-state index in [1.165, 1.54) is 4.88 Å². The van der Waals surface area contributed by atoms with Gasteiger partial charge in [0.15, 0.2) is 0 Å². The van der Waals surface area contributed by atoms with E-state index in [1.807, 2.05) is 31.2 Å². The van der Waals surface area contributed by atoms with E-state index in [0.717, 1.165) is 32.0 Å². The average Bonchev–Trinajstić information content (AvgIpc) is 2.72. The van der Waals surface area contributed by atoms with Crippen molar-refractivity contribution in [3.63, 3.8) is 0 Å². The number of halogens is 1. The van der Waals surface area contributed by atoms with Crippen LogP contribution in [-0.4, -0.2) is 9.97 Å². The molecule has 0 saturated heterocycles. The lowest BCUT2D eigenvalue weighted by molar-refractivity contribution is 1.10. The number of thiophene rings is 1. The van der Waals surface area contributed by atoms with E-state index >= 15 is 0 Å². The highest BCUT2D eigenvalue weighted by Crippen LogP contribution is 2.30. The molecule has 3 rings (SSSR count). The van der Waals surface area contributed by atoms with Crippen LogP contribution < -0.4 is 5.32 Å². The lowest BCUT2D eigenvalue weighted by atomic mass is 10.3. The number of nitrogens with one attached hydrogen (secondary N) is 1. The van der Waals surface area contributed by atoms with Crippen molar-refractivity contribution < 1.29 is 0 Å². The first-order valence-electron chi connectivity index (χ1n) is 5.89. The summed E-state index contributed by atoms with van der Waals surface area (Å²) in [7, 11) is 0. The van der Waals surface area contributed by atoms with Gasteiger partial charge in [-0.2, -0.15) is 0 Å². The molecule has 19 heavy (non-hydrogen) atoms. The molecule has 0 spiro atoms. The highest BCUT2D eigenvalue weighted by atomic mass is 79.9. The number of fused-ring (bicyclic) bond motifs is 1. The summed E-state index contributed by atoms with van der Waals surface area (Å²) in [4.78, 5) is 11.3. The molecule has 1 aromatic carbocycles. The molecule has 0 atom stereocenters. The Morgan fingerprint density at radius 1 is 1.11 bits per heavy atom. The maximum Gasteiger partial charge on any atom is 0.142 e. The van der Waals surface area contributed by atoms with Crippen LogP contribution in [0.3, 0.4) is 0 Å². The van der Waals surface area contributed by atoms with Gasteiger partial charge in [-0.1, -0.05) is 15.9 Å². The van der Waals surface area contributed by atoms with Crippen molar-refractivity contribution in [3.8, 4) is 0 Å². The third kappa shape index (κ3) is 2.62. The van der Waals surface area contributed by atoms with E-state index in [1.54, 1.807) is 11.3 Å². The second-order valence-electron chi connectivity index (χ2n) is 4.33. The summed E-state index contributed by atoms with van der Waals surface area (Å²) >= 11 is 5.13. The van der Waals surface area contributed by atoms with Crippen LogP contribution >= 0.6 is 27.3 Å². The van der Waals surface area contributed by atoms with Gasteiger partial charge >= 0.3 is 0 Å². The van der Waals surface area contributed by atoms with Crippen molar-refractivity contribution in [2.24, 2.45) is 0 Å². The fraction of sp³-hybridized carbons (Fsp3) is 0.143. The Bertz CT molecular complexity index is 734. The predicted molar refractivity (Wildman–Crippen MR) is 84.3 cm³/mol. The molecule has 3 aromatic rings. The second kappa shape index (κ2) is 4.90. The number of hydrogen-bond donors (Lipinski definition) is 1. The van der Waals surface area contributed by atoms with Gasteiger partial charge in [0.2, 0.25) is 0 Å². The van der Waals surface area contributed by atoms with Gasteiger partial charge in [0.05, 0.1) is 5.39 Å². The van der Waals surface area contributed by atoms with Crippen LogP contribution in [0.1, 0.15) is 10.7 Å². The molecular formula is C14H12BrN3S. The largest absolute Gasteiger partial charge is 0.340 e. The Hall–Kier alpha value is -1.46. The molecule has 0 aliphatic carbocycles. The van der Waals surface area contributed by atoms with E-state index in [9.17, 15) is 0 Å². The molecule has 0 bridgehead atoms. The maximum atomic E-state index is 4.51. The lowest BCUT2D eigenvalue weighted by Gasteiger charge is -2.07. The summed E-state index contributed by atoms with van der Waals surface area (Å²) in [5.41, 5.74) is 1.02. The van der Waals surface area contributed by atoms with Crippen molar-refractivity contribution in [2.45, 2.75) is 13.8 Å². The van der Waals surface area contributed by atoms with Gasteiger partial charge in [-0.25, -0.2) is 9.97 Å². The number of rotatable bonds is 2. The normalized spacial score (nSPS) is 10.9. The minimum Gasteiger partial charge on any atom is -0.340 e. The Labute approximate surface area is 123 Å². The third-order valence-corrected chi connectivity index (χ3v) is 4.21. The zero-order valence-electron chi connectivity index (χ0n) is 10.6. The van der Waals surface area contributed by atoms with E-state index in [0.29, 0.717) is 0 Å². The number of nitrogens with zero attached hydrogens (tertiary/aromatic N) is 2. The Kier molecular flexibility index (Phi) is 3.24. The van der Waals surface area contributed by atoms with Gasteiger partial charge in [-0.3, -0.25) is 0 Å². The number of hydrogen-bond acceptors (Lipinski definition) is 4. The van der Waals surface area contributed by atoms with Gasteiger partial charge in [0.25, 0.3) is 0 Å². The zero-order chi connectivity index (χ0) is 13.4. The topological polar surface area (TPSA) is 37.8 Å². The van der Waals surface area contributed by atoms with E-state index in [-0.39, 0.29) is 0 Å². The number of aromatic nitrogens is 2. The van der Waals surface area contributed by atoms with Crippen LogP contribution in [0.4, 0.5) is 11.5 Å². The minimum atomic E-state index is 0.786. The zero-order valence-corrected chi connectivity index (χ0v) is 13.0. The average molecular weight is 334 g/mol. The Balaban J connectivity index is 2.06. The summed E-state index contributed by atoms with van der Waals surface area (Å²) in [6, 6.07) is 10.2. The first kappa shape index (κ1) is 12.6. The minimum absolute atomic E-state index is 0.786. The first-order chi connectivity index (χ1) is 9.11. The van der Waals surface area contributed by atoms with Crippen LogP contribution in [0.25, 0.3) is 10.2 Å². The molecule has 0 aliphatic rings. The van der Waals surface area contributed by atoms with Crippen LogP contribution in [0.2, 0.25) is 0 Å². The van der Waals surface area contributed by atoms with Gasteiger partial charge in [-0.15, -0.1) is 11.3 Å². The molecule has 0 unspecified atom stereocenters. The van der Waals surface area contributed by atoms with Gasteiger partial charge in [0, 0.05) is 15.0 Å². The molecule has 0 fully saturated rings. The molecule has 0 saturated carbocycles. The van der Waals surface area contributed by atoms with Crippen molar-refractivity contribution in [1.82, 2.24) is 9.97 Å². The molecule has 5 heteroatoms. The molecule has 3 nitrogen and oxygen atoms in total. The lowest BCUT2D eigenvalue weighted by Crippen LogP contribution is -1.97. The molecule has 2 heterocycles. The summed E-state index contributed by atoms with van der Waals surface area (Å²) in [6.07, 6.45) is 0. The molecule has 0 radical (unpaired) electrons. The number of benzene rings is 1. The first-order valence-corrected chi connectivity index (χ1v) is 7.50. The van der Waals surface area contributed by atoms with Crippen LogP contribution in [0.15, 0.2) is 34.8 Å². The summed E-state index contributed by atoms with van der Waals surface area (Å²) in [5, 5.41) is 4.44. The molecule has 96 valence electrons. The fourth-order valence-corrected chi connectivity index (χ4v) is 3.10. The van der Waals surface area contributed by atoms with Crippen LogP contribution in [0.5, 0.6) is 0 Å². The van der Waals surface area contributed by atoms with Crippen molar-refractivity contribution in [2.75, 3.05) is 5.32 Å². The SMILES string of the molecule is Cc1nc(Nc2ccc(Br)cc2)c2cc(C)sc2n1.